The van der Waals surface area contributed by atoms with E-state index in [1.807, 2.05) is 13.2 Å². The van der Waals surface area contributed by atoms with E-state index in [2.05, 4.69) is 17.9 Å². The minimum Gasteiger partial charge on any atom is -0.348 e. The molecule has 0 spiro atoms. The highest BCUT2D eigenvalue weighted by Crippen LogP contribution is 2.14. The van der Waals surface area contributed by atoms with Crippen LogP contribution in [-0.4, -0.2) is 24.0 Å². The third-order valence-electron chi connectivity index (χ3n) is 2.39. The van der Waals surface area contributed by atoms with Crippen LogP contribution in [0.5, 0.6) is 0 Å². The van der Waals surface area contributed by atoms with Crippen molar-refractivity contribution in [3.63, 3.8) is 0 Å². The van der Waals surface area contributed by atoms with Crippen LogP contribution < -0.4 is 5.32 Å². The maximum atomic E-state index is 13.5. The Balaban J connectivity index is 2.78. The van der Waals surface area contributed by atoms with E-state index in [0.29, 0.717) is 4.90 Å². The number of amides is 1. The Kier molecular flexibility index (Phi) is 5.85. The zero-order valence-electron chi connectivity index (χ0n) is 9.87. The number of thiol groups is 1. The molecule has 0 aliphatic heterocycles. The van der Waals surface area contributed by atoms with Gasteiger partial charge in [-0.3, -0.25) is 4.79 Å². The zero-order valence-corrected chi connectivity index (χ0v) is 11.6. The number of hydrogen-bond donors (Lipinski definition) is 2. The average molecular weight is 273 g/mol. The SMILES string of the molecule is CCC(CSC)NC(=O)c1cc(S)ccc1F. The lowest BCUT2D eigenvalue weighted by Crippen LogP contribution is -2.36. The number of benzene rings is 1. The van der Waals surface area contributed by atoms with Crippen molar-refractivity contribution in [3.05, 3.63) is 29.6 Å². The van der Waals surface area contributed by atoms with E-state index in [1.165, 1.54) is 18.2 Å². The van der Waals surface area contributed by atoms with Crippen LogP contribution in [0.15, 0.2) is 23.1 Å². The third-order valence-corrected chi connectivity index (χ3v) is 3.40. The second-order valence-electron chi connectivity index (χ2n) is 3.70. The van der Waals surface area contributed by atoms with Crippen LogP contribution in [0.2, 0.25) is 0 Å². The van der Waals surface area contributed by atoms with E-state index in [9.17, 15) is 9.18 Å². The molecular formula is C12H16FNOS2. The van der Waals surface area contributed by atoms with Crippen LogP contribution in [0, 0.1) is 5.82 Å². The number of halogens is 1. The van der Waals surface area contributed by atoms with Crippen LogP contribution in [0.3, 0.4) is 0 Å². The van der Waals surface area contributed by atoms with Gasteiger partial charge in [0.05, 0.1) is 5.56 Å². The molecule has 0 saturated carbocycles. The largest absolute Gasteiger partial charge is 0.348 e. The number of carbonyl (C=O) groups is 1. The fraction of sp³-hybridized carbons (Fsp3) is 0.417. The topological polar surface area (TPSA) is 29.1 Å². The maximum Gasteiger partial charge on any atom is 0.254 e. The molecule has 0 saturated heterocycles. The molecule has 1 aromatic rings. The summed E-state index contributed by atoms with van der Waals surface area (Å²) < 4.78 is 13.5. The van der Waals surface area contributed by atoms with Crippen molar-refractivity contribution in [2.75, 3.05) is 12.0 Å². The highest BCUT2D eigenvalue weighted by Gasteiger charge is 2.15. The van der Waals surface area contributed by atoms with Gasteiger partial charge >= 0.3 is 0 Å². The predicted octanol–water partition coefficient (Wildman–Crippen LogP) is 2.99. The Morgan fingerprint density at radius 3 is 2.88 bits per heavy atom. The molecule has 0 aliphatic carbocycles. The molecule has 2 nitrogen and oxygen atoms in total. The van der Waals surface area contributed by atoms with Crippen LogP contribution in [0.25, 0.3) is 0 Å². The smallest absolute Gasteiger partial charge is 0.254 e. The van der Waals surface area contributed by atoms with Gasteiger partial charge in [-0.15, -0.1) is 12.6 Å². The molecule has 0 fully saturated rings. The summed E-state index contributed by atoms with van der Waals surface area (Å²) in [5.74, 6) is -0.0663. The van der Waals surface area contributed by atoms with Gasteiger partial charge in [-0.25, -0.2) is 4.39 Å². The predicted molar refractivity (Wildman–Crippen MR) is 73.6 cm³/mol. The molecule has 1 aromatic carbocycles. The normalized spacial score (nSPS) is 12.2. The third kappa shape index (κ3) is 4.24. The lowest BCUT2D eigenvalue weighted by molar-refractivity contribution is 0.0935. The molecule has 1 amide bonds. The fourth-order valence-corrected chi connectivity index (χ4v) is 2.34. The first kappa shape index (κ1) is 14.4. The van der Waals surface area contributed by atoms with Crippen molar-refractivity contribution < 1.29 is 9.18 Å². The van der Waals surface area contributed by atoms with Crippen molar-refractivity contribution in [2.45, 2.75) is 24.3 Å². The second kappa shape index (κ2) is 6.91. The summed E-state index contributed by atoms with van der Waals surface area (Å²) in [6.45, 7) is 1.99. The summed E-state index contributed by atoms with van der Waals surface area (Å²) in [4.78, 5) is 12.4. The summed E-state index contributed by atoms with van der Waals surface area (Å²) in [5, 5.41) is 2.82. The van der Waals surface area contributed by atoms with Crippen molar-refractivity contribution >= 4 is 30.3 Å². The Hall–Kier alpha value is -0.680. The zero-order chi connectivity index (χ0) is 12.8. The number of carbonyl (C=O) groups excluding carboxylic acids is 1. The molecule has 1 N–H and O–H groups in total. The van der Waals surface area contributed by atoms with Crippen molar-refractivity contribution in [1.82, 2.24) is 5.32 Å². The van der Waals surface area contributed by atoms with Gasteiger partial charge in [-0.1, -0.05) is 6.92 Å². The summed E-state index contributed by atoms with van der Waals surface area (Å²) >= 11 is 5.76. The summed E-state index contributed by atoms with van der Waals surface area (Å²) in [6.07, 6.45) is 2.80. The highest BCUT2D eigenvalue weighted by molar-refractivity contribution is 7.98. The Labute approximate surface area is 111 Å². The number of thioether (sulfide) groups is 1. The monoisotopic (exact) mass is 273 g/mol. The van der Waals surface area contributed by atoms with E-state index in [0.717, 1.165) is 12.2 Å². The lowest BCUT2D eigenvalue weighted by Gasteiger charge is -2.16. The Bertz CT molecular complexity index is 398. The first-order valence-corrected chi connectivity index (χ1v) is 7.21. The minimum absolute atomic E-state index is 0.0528. The van der Waals surface area contributed by atoms with E-state index in [1.54, 1.807) is 11.8 Å². The maximum absolute atomic E-state index is 13.5. The highest BCUT2D eigenvalue weighted by atomic mass is 32.2. The van der Waals surface area contributed by atoms with Crippen LogP contribution in [-0.2, 0) is 0 Å². The Morgan fingerprint density at radius 2 is 2.29 bits per heavy atom. The molecule has 0 aliphatic rings. The van der Waals surface area contributed by atoms with E-state index >= 15 is 0 Å². The summed E-state index contributed by atoms with van der Waals surface area (Å²) in [7, 11) is 0. The van der Waals surface area contributed by atoms with Crippen molar-refractivity contribution in [3.8, 4) is 0 Å². The van der Waals surface area contributed by atoms with Gasteiger partial charge in [-0.05, 0) is 30.9 Å². The molecule has 0 heterocycles. The molecule has 1 rings (SSSR count). The molecule has 5 heteroatoms. The lowest BCUT2D eigenvalue weighted by atomic mass is 10.1. The van der Waals surface area contributed by atoms with Crippen LogP contribution in [0.1, 0.15) is 23.7 Å². The molecule has 94 valence electrons. The average Bonchev–Trinajstić information content (AvgIpc) is 2.31. The van der Waals surface area contributed by atoms with Crippen molar-refractivity contribution in [2.24, 2.45) is 0 Å². The minimum atomic E-state index is -0.515. The van der Waals surface area contributed by atoms with Crippen LogP contribution in [0.4, 0.5) is 4.39 Å². The van der Waals surface area contributed by atoms with Crippen molar-refractivity contribution in [1.29, 1.82) is 0 Å². The number of hydrogen-bond acceptors (Lipinski definition) is 3. The van der Waals surface area contributed by atoms with Gasteiger partial charge in [-0.2, -0.15) is 11.8 Å². The first-order chi connectivity index (χ1) is 8.08. The number of nitrogens with one attached hydrogen (secondary N) is 1. The first-order valence-electron chi connectivity index (χ1n) is 5.36. The van der Waals surface area contributed by atoms with Gasteiger partial charge in [0.25, 0.3) is 5.91 Å². The van der Waals surface area contributed by atoms with Gasteiger partial charge in [0.1, 0.15) is 5.82 Å². The van der Waals surface area contributed by atoms with Gasteiger partial charge < -0.3 is 5.32 Å². The molecule has 1 unspecified atom stereocenters. The molecule has 0 radical (unpaired) electrons. The fourth-order valence-electron chi connectivity index (χ4n) is 1.41. The molecular weight excluding hydrogens is 257 g/mol. The second-order valence-corrected chi connectivity index (χ2v) is 5.13. The Morgan fingerprint density at radius 1 is 1.59 bits per heavy atom. The molecule has 17 heavy (non-hydrogen) atoms. The van der Waals surface area contributed by atoms with Gasteiger partial charge in [0.2, 0.25) is 0 Å². The van der Waals surface area contributed by atoms with Gasteiger partial charge in [0.15, 0.2) is 0 Å². The summed E-state index contributed by atoms with van der Waals surface area (Å²) in [6, 6.07) is 4.29. The van der Waals surface area contributed by atoms with Crippen LogP contribution >= 0.6 is 24.4 Å². The molecule has 1 atom stereocenters. The van der Waals surface area contributed by atoms with Gasteiger partial charge in [0, 0.05) is 16.7 Å². The number of rotatable bonds is 5. The standard InChI is InChI=1S/C12H16FNOS2/c1-3-8(7-17-2)14-12(15)10-6-9(16)4-5-11(10)13/h4-6,8,16H,3,7H2,1-2H3,(H,14,15). The van der Waals surface area contributed by atoms with E-state index < -0.39 is 5.82 Å². The molecule has 0 aromatic heterocycles. The van der Waals surface area contributed by atoms with E-state index in [4.69, 9.17) is 0 Å². The van der Waals surface area contributed by atoms with E-state index in [-0.39, 0.29) is 17.5 Å². The summed E-state index contributed by atoms with van der Waals surface area (Å²) in [5.41, 5.74) is 0.0528. The molecule has 0 bridgehead atoms. The quantitative estimate of drug-likeness (QED) is 0.808.